The molecule has 0 N–H and O–H groups in total. The van der Waals surface area contributed by atoms with Crippen LogP contribution in [0.5, 0.6) is 0 Å². The highest BCUT2D eigenvalue weighted by atomic mass is 79.9. The van der Waals surface area contributed by atoms with E-state index in [2.05, 4.69) is 66.1 Å². The van der Waals surface area contributed by atoms with Crippen molar-refractivity contribution in [3.05, 3.63) is 107 Å². The van der Waals surface area contributed by atoms with E-state index in [0.717, 1.165) is 8.95 Å². The molecule has 128 valence electrons. The van der Waals surface area contributed by atoms with Crippen LogP contribution in [-0.2, 0) is 0 Å². The highest BCUT2D eigenvalue weighted by Gasteiger charge is 1.96. The molecule has 0 aliphatic carbocycles. The summed E-state index contributed by atoms with van der Waals surface area (Å²) in [5, 5.41) is 0. The molecule has 0 aliphatic heterocycles. The third-order valence-corrected chi connectivity index (χ3v) is 4.66. The second-order valence-electron chi connectivity index (χ2n) is 5.49. The average Bonchev–Trinajstić information content (AvgIpc) is 2.70. The van der Waals surface area contributed by atoms with Gasteiger partial charge in [0.2, 0.25) is 0 Å². The molecule has 0 amide bonds. The smallest absolute Gasteiger partial charge is 0.0273 e. The Kier molecular flexibility index (Phi) is 6.69. The Morgan fingerprint density at radius 1 is 0.462 bits per heavy atom. The summed E-state index contributed by atoms with van der Waals surface area (Å²) in [6, 6.07) is 24.5. The number of aromatic nitrogens is 2. The summed E-state index contributed by atoms with van der Waals surface area (Å²) in [5.41, 5.74) is 4.79. The molecule has 0 unspecified atom stereocenters. The van der Waals surface area contributed by atoms with Crippen molar-refractivity contribution in [2.24, 2.45) is 0 Å². The molecule has 0 bridgehead atoms. The van der Waals surface area contributed by atoms with E-state index in [1.165, 1.54) is 22.3 Å². The molecule has 4 aromatic rings. The molecule has 0 saturated heterocycles. The predicted molar refractivity (Wildman–Crippen MR) is 115 cm³/mol. The third-order valence-electron chi connectivity index (χ3n) is 3.68. The number of pyridine rings is 2. The van der Waals surface area contributed by atoms with Gasteiger partial charge < -0.3 is 0 Å². The van der Waals surface area contributed by atoms with Crippen LogP contribution in [0.2, 0.25) is 0 Å². The minimum absolute atomic E-state index is 1.10. The van der Waals surface area contributed by atoms with Gasteiger partial charge in [-0.2, -0.15) is 0 Å². The molecule has 0 atom stereocenters. The van der Waals surface area contributed by atoms with Gasteiger partial charge in [-0.3, -0.25) is 9.97 Å². The second kappa shape index (κ2) is 9.41. The average molecular weight is 468 g/mol. The van der Waals surface area contributed by atoms with Gasteiger partial charge in [0.05, 0.1) is 0 Å². The number of hydrogen-bond donors (Lipinski definition) is 0. The minimum atomic E-state index is 1.10. The van der Waals surface area contributed by atoms with E-state index >= 15 is 0 Å². The first-order chi connectivity index (χ1) is 12.7. The lowest BCUT2D eigenvalue weighted by molar-refractivity contribution is 1.33. The van der Waals surface area contributed by atoms with Gasteiger partial charge in [-0.1, -0.05) is 56.1 Å². The summed E-state index contributed by atoms with van der Waals surface area (Å²) in [7, 11) is 0. The summed E-state index contributed by atoms with van der Waals surface area (Å²) in [6.45, 7) is 0. The van der Waals surface area contributed by atoms with Gasteiger partial charge in [0, 0.05) is 33.7 Å². The molecule has 2 nitrogen and oxygen atoms in total. The maximum atomic E-state index is 3.98. The lowest BCUT2D eigenvalue weighted by Gasteiger charge is -2.00. The largest absolute Gasteiger partial charge is 0.265 e. The number of nitrogens with zero attached hydrogens (tertiary/aromatic N) is 2. The molecule has 2 aromatic heterocycles. The van der Waals surface area contributed by atoms with Gasteiger partial charge >= 0.3 is 0 Å². The minimum Gasteiger partial charge on any atom is -0.265 e. The van der Waals surface area contributed by atoms with Crippen LogP contribution in [0.1, 0.15) is 0 Å². The molecule has 26 heavy (non-hydrogen) atoms. The Bertz CT molecular complexity index is 877. The van der Waals surface area contributed by atoms with Gasteiger partial charge in [0.25, 0.3) is 0 Å². The van der Waals surface area contributed by atoms with E-state index < -0.39 is 0 Å². The fourth-order valence-corrected chi connectivity index (χ4v) is 3.22. The number of rotatable bonds is 2. The first-order valence-electron chi connectivity index (χ1n) is 8.04. The van der Waals surface area contributed by atoms with Gasteiger partial charge in [-0.05, 0) is 70.8 Å². The van der Waals surface area contributed by atoms with Gasteiger partial charge in [0.1, 0.15) is 0 Å². The molecule has 4 rings (SSSR count). The molecule has 4 heteroatoms. The van der Waals surface area contributed by atoms with Crippen LogP contribution in [0.4, 0.5) is 0 Å². The van der Waals surface area contributed by atoms with E-state index in [1.807, 2.05) is 48.5 Å². The summed E-state index contributed by atoms with van der Waals surface area (Å²) >= 11 is 6.89. The zero-order chi connectivity index (χ0) is 18.2. The highest BCUT2D eigenvalue weighted by Crippen LogP contribution is 2.22. The normalized spacial score (nSPS) is 9.92. The van der Waals surface area contributed by atoms with Crippen molar-refractivity contribution in [3.8, 4) is 22.3 Å². The monoisotopic (exact) mass is 466 g/mol. The summed E-state index contributed by atoms with van der Waals surface area (Å²) in [4.78, 5) is 7.96. The van der Waals surface area contributed by atoms with Crippen LogP contribution in [0, 0.1) is 0 Å². The maximum Gasteiger partial charge on any atom is 0.0273 e. The standard InChI is InChI=1S/2C11H8BrN/c2*12-11-3-1-2-10(8-11)9-4-6-13-7-5-9/h2*1-8H. The van der Waals surface area contributed by atoms with E-state index in [1.54, 1.807) is 24.8 Å². The quantitative estimate of drug-likeness (QED) is 0.316. The highest BCUT2D eigenvalue weighted by molar-refractivity contribution is 9.10. The van der Waals surface area contributed by atoms with E-state index in [-0.39, 0.29) is 0 Å². The zero-order valence-corrected chi connectivity index (χ0v) is 17.1. The number of benzene rings is 2. The maximum absolute atomic E-state index is 3.98. The van der Waals surface area contributed by atoms with Crippen LogP contribution in [-0.4, -0.2) is 9.97 Å². The molecule has 2 aromatic carbocycles. The Balaban J connectivity index is 0.000000151. The zero-order valence-electron chi connectivity index (χ0n) is 13.9. The lowest BCUT2D eigenvalue weighted by atomic mass is 10.1. The predicted octanol–water partition coefficient (Wildman–Crippen LogP) is 7.02. The molecule has 0 spiro atoms. The van der Waals surface area contributed by atoms with Crippen molar-refractivity contribution in [1.29, 1.82) is 0 Å². The molecule has 2 heterocycles. The Morgan fingerprint density at radius 2 is 0.846 bits per heavy atom. The lowest BCUT2D eigenvalue weighted by Crippen LogP contribution is -1.77. The first-order valence-corrected chi connectivity index (χ1v) is 9.63. The summed E-state index contributed by atoms with van der Waals surface area (Å²) in [5.74, 6) is 0. The van der Waals surface area contributed by atoms with E-state index in [9.17, 15) is 0 Å². The third kappa shape index (κ3) is 5.35. The Hall–Kier alpha value is -2.30. The fourth-order valence-electron chi connectivity index (χ4n) is 2.42. The van der Waals surface area contributed by atoms with Crippen molar-refractivity contribution in [1.82, 2.24) is 9.97 Å². The van der Waals surface area contributed by atoms with Crippen LogP contribution >= 0.6 is 31.9 Å². The van der Waals surface area contributed by atoms with Crippen LogP contribution in [0.25, 0.3) is 22.3 Å². The SMILES string of the molecule is Brc1cccc(-c2ccncc2)c1.Brc1cccc(-c2ccncc2)c1. The van der Waals surface area contributed by atoms with Gasteiger partial charge in [-0.25, -0.2) is 0 Å². The van der Waals surface area contributed by atoms with Crippen LogP contribution < -0.4 is 0 Å². The topological polar surface area (TPSA) is 25.8 Å². The molecule has 0 saturated carbocycles. The van der Waals surface area contributed by atoms with Crippen molar-refractivity contribution < 1.29 is 0 Å². The van der Waals surface area contributed by atoms with Gasteiger partial charge in [0.15, 0.2) is 0 Å². The van der Waals surface area contributed by atoms with E-state index in [4.69, 9.17) is 0 Å². The van der Waals surface area contributed by atoms with Crippen molar-refractivity contribution in [2.75, 3.05) is 0 Å². The second-order valence-corrected chi connectivity index (χ2v) is 7.32. The van der Waals surface area contributed by atoms with Crippen LogP contribution in [0.3, 0.4) is 0 Å². The first kappa shape index (κ1) is 18.5. The van der Waals surface area contributed by atoms with E-state index in [0.29, 0.717) is 0 Å². The summed E-state index contributed by atoms with van der Waals surface area (Å²) in [6.07, 6.45) is 7.21. The molecular weight excluding hydrogens is 452 g/mol. The Labute approximate surface area is 170 Å². The molecule has 0 aliphatic rings. The number of halogens is 2. The van der Waals surface area contributed by atoms with Crippen LogP contribution in [0.15, 0.2) is 107 Å². The van der Waals surface area contributed by atoms with Gasteiger partial charge in [-0.15, -0.1) is 0 Å². The number of hydrogen-bond acceptors (Lipinski definition) is 2. The van der Waals surface area contributed by atoms with Crippen molar-refractivity contribution >= 4 is 31.9 Å². The summed E-state index contributed by atoms with van der Waals surface area (Å²) < 4.78 is 2.20. The molecular formula is C22H16Br2N2. The molecule has 0 fully saturated rings. The van der Waals surface area contributed by atoms with Crippen molar-refractivity contribution in [2.45, 2.75) is 0 Å². The Morgan fingerprint density at radius 3 is 1.19 bits per heavy atom. The fraction of sp³-hybridized carbons (Fsp3) is 0. The molecule has 0 radical (unpaired) electrons. The van der Waals surface area contributed by atoms with Crippen molar-refractivity contribution in [3.63, 3.8) is 0 Å².